The van der Waals surface area contributed by atoms with Crippen molar-refractivity contribution in [2.45, 2.75) is 19.3 Å². The van der Waals surface area contributed by atoms with Crippen molar-refractivity contribution in [3.8, 4) is 5.75 Å². The van der Waals surface area contributed by atoms with Gasteiger partial charge in [0.2, 0.25) is 0 Å². The smallest absolute Gasteiger partial charge is 0.176 e. The maximum absolute atomic E-state index is 12.3. The zero-order valence-corrected chi connectivity index (χ0v) is 9.84. The topological polar surface area (TPSA) is 26.3 Å². The fourth-order valence-corrected chi connectivity index (χ4v) is 2.71. The van der Waals surface area contributed by atoms with E-state index in [0.29, 0.717) is 6.61 Å². The predicted octanol–water partition coefficient (Wildman–Crippen LogP) is 3.19. The summed E-state index contributed by atoms with van der Waals surface area (Å²) in [5.74, 6) is 1.01. The molecule has 0 aromatic heterocycles. The summed E-state index contributed by atoms with van der Waals surface area (Å²) >= 11 is 3.39. The van der Waals surface area contributed by atoms with Crippen LogP contribution in [0.2, 0.25) is 0 Å². The second-order valence-electron chi connectivity index (χ2n) is 4.39. The summed E-state index contributed by atoms with van der Waals surface area (Å²) in [6.45, 7) is 0.570. The number of fused-ring (bicyclic) bond motifs is 1. The Balaban J connectivity index is 2.08. The molecule has 1 fully saturated rings. The maximum Gasteiger partial charge on any atom is 0.176 e. The molecule has 1 heterocycles. The number of benzene rings is 1. The average molecular weight is 267 g/mol. The van der Waals surface area contributed by atoms with Gasteiger partial charge in [-0.2, -0.15) is 0 Å². The van der Waals surface area contributed by atoms with Crippen LogP contribution in [0.4, 0.5) is 0 Å². The van der Waals surface area contributed by atoms with E-state index < -0.39 is 0 Å². The highest BCUT2D eigenvalue weighted by atomic mass is 79.9. The van der Waals surface area contributed by atoms with Gasteiger partial charge in [-0.3, -0.25) is 4.79 Å². The molecule has 15 heavy (non-hydrogen) atoms. The van der Waals surface area contributed by atoms with Gasteiger partial charge in [-0.05, 0) is 31.0 Å². The number of Topliss-reactive ketones (excluding diaryl/α,β-unsaturated/α-hetero) is 1. The molecular weight excluding hydrogens is 256 g/mol. The van der Waals surface area contributed by atoms with Crippen molar-refractivity contribution in [3.63, 3.8) is 0 Å². The first kappa shape index (κ1) is 9.40. The molecule has 1 aromatic carbocycles. The van der Waals surface area contributed by atoms with Crippen molar-refractivity contribution >= 4 is 21.7 Å². The zero-order chi connectivity index (χ0) is 10.5. The number of hydrogen-bond donors (Lipinski definition) is 0. The predicted molar refractivity (Wildman–Crippen MR) is 60.3 cm³/mol. The van der Waals surface area contributed by atoms with Gasteiger partial charge in [0.05, 0.1) is 11.0 Å². The van der Waals surface area contributed by atoms with Crippen LogP contribution in [0, 0.1) is 5.41 Å². The minimum atomic E-state index is -0.187. The number of ether oxygens (including phenoxy) is 1. The normalized spacial score (nSPS) is 21.8. The molecule has 0 amide bonds. The third kappa shape index (κ3) is 1.26. The van der Waals surface area contributed by atoms with Crippen LogP contribution >= 0.6 is 15.9 Å². The summed E-state index contributed by atoms with van der Waals surface area (Å²) in [4.78, 5) is 12.3. The van der Waals surface area contributed by atoms with Crippen molar-refractivity contribution < 1.29 is 9.53 Å². The molecular formula is C12H11BrO2. The molecule has 2 aliphatic rings. The third-order valence-electron chi connectivity index (χ3n) is 3.48. The van der Waals surface area contributed by atoms with Gasteiger partial charge in [0.25, 0.3) is 0 Å². The van der Waals surface area contributed by atoms with Crippen LogP contribution < -0.4 is 4.74 Å². The molecule has 1 aliphatic heterocycles. The van der Waals surface area contributed by atoms with Gasteiger partial charge >= 0.3 is 0 Å². The Morgan fingerprint density at radius 3 is 2.80 bits per heavy atom. The summed E-state index contributed by atoms with van der Waals surface area (Å²) in [6, 6.07) is 5.64. The van der Waals surface area contributed by atoms with Crippen molar-refractivity contribution in [3.05, 3.63) is 28.2 Å². The standard InChI is InChI=1S/C12H11BrO2/c13-8-2-3-10-9(6-8)11(14)12(7-15-10)4-1-5-12/h2-3,6H,1,4-5,7H2. The third-order valence-corrected chi connectivity index (χ3v) is 3.98. The van der Waals surface area contributed by atoms with Gasteiger partial charge in [-0.15, -0.1) is 0 Å². The SMILES string of the molecule is O=C1c2cc(Br)ccc2OCC12CCC2. The van der Waals surface area contributed by atoms with Crippen molar-refractivity contribution in [1.29, 1.82) is 0 Å². The Kier molecular flexibility index (Phi) is 1.93. The van der Waals surface area contributed by atoms with Crippen LogP contribution in [0.15, 0.2) is 22.7 Å². The second kappa shape index (κ2) is 3.08. The molecule has 1 spiro atoms. The molecule has 0 atom stereocenters. The highest BCUT2D eigenvalue weighted by molar-refractivity contribution is 9.10. The van der Waals surface area contributed by atoms with Gasteiger partial charge in [0, 0.05) is 4.47 Å². The molecule has 1 saturated carbocycles. The van der Waals surface area contributed by atoms with Gasteiger partial charge < -0.3 is 4.74 Å². The lowest BCUT2D eigenvalue weighted by Crippen LogP contribution is -2.46. The Morgan fingerprint density at radius 1 is 1.33 bits per heavy atom. The van der Waals surface area contributed by atoms with Crippen molar-refractivity contribution in [2.24, 2.45) is 5.41 Å². The molecule has 1 aromatic rings. The molecule has 3 rings (SSSR count). The van der Waals surface area contributed by atoms with Crippen LogP contribution in [-0.2, 0) is 0 Å². The number of rotatable bonds is 0. The second-order valence-corrected chi connectivity index (χ2v) is 5.31. The van der Waals surface area contributed by atoms with E-state index in [1.54, 1.807) is 0 Å². The quantitative estimate of drug-likeness (QED) is 0.721. The number of carbonyl (C=O) groups excluding carboxylic acids is 1. The van der Waals surface area contributed by atoms with E-state index in [-0.39, 0.29) is 11.2 Å². The van der Waals surface area contributed by atoms with E-state index in [4.69, 9.17) is 4.74 Å². The molecule has 78 valence electrons. The van der Waals surface area contributed by atoms with E-state index in [1.165, 1.54) is 0 Å². The summed E-state index contributed by atoms with van der Waals surface area (Å²) in [7, 11) is 0. The first-order valence-corrected chi connectivity index (χ1v) is 5.98. The number of carbonyl (C=O) groups is 1. The summed E-state index contributed by atoms with van der Waals surface area (Å²) in [5.41, 5.74) is 0.559. The minimum absolute atomic E-state index is 0.187. The minimum Gasteiger partial charge on any atom is -0.492 e. The van der Waals surface area contributed by atoms with E-state index in [1.807, 2.05) is 18.2 Å². The molecule has 0 bridgehead atoms. The van der Waals surface area contributed by atoms with Gasteiger partial charge in [-0.1, -0.05) is 22.4 Å². The van der Waals surface area contributed by atoms with Crippen LogP contribution in [0.1, 0.15) is 29.6 Å². The summed E-state index contributed by atoms with van der Waals surface area (Å²) in [6.07, 6.45) is 3.12. The zero-order valence-electron chi connectivity index (χ0n) is 8.25. The number of halogens is 1. The lowest BCUT2D eigenvalue weighted by atomic mass is 9.64. The lowest BCUT2D eigenvalue weighted by Gasteiger charge is -2.43. The molecule has 0 N–H and O–H groups in total. The van der Waals surface area contributed by atoms with Crippen LogP contribution in [0.3, 0.4) is 0 Å². The Bertz CT molecular complexity index is 435. The summed E-state index contributed by atoms with van der Waals surface area (Å²) in [5, 5.41) is 0. The highest BCUT2D eigenvalue weighted by Crippen LogP contribution is 2.48. The van der Waals surface area contributed by atoms with Crippen molar-refractivity contribution in [1.82, 2.24) is 0 Å². The highest BCUT2D eigenvalue weighted by Gasteiger charge is 2.48. The molecule has 1 aliphatic carbocycles. The first-order valence-electron chi connectivity index (χ1n) is 5.18. The fourth-order valence-electron chi connectivity index (χ4n) is 2.35. The Hall–Kier alpha value is -0.830. The monoisotopic (exact) mass is 266 g/mol. The van der Waals surface area contributed by atoms with Crippen molar-refractivity contribution in [2.75, 3.05) is 6.61 Å². The Morgan fingerprint density at radius 2 is 2.13 bits per heavy atom. The average Bonchev–Trinajstić information content (AvgIpc) is 2.17. The van der Waals surface area contributed by atoms with Gasteiger partial charge in [0.15, 0.2) is 5.78 Å². The molecule has 0 saturated heterocycles. The van der Waals surface area contributed by atoms with Gasteiger partial charge in [0.1, 0.15) is 12.4 Å². The fraction of sp³-hybridized carbons (Fsp3) is 0.417. The van der Waals surface area contributed by atoms with E-state index in [2.05, 4.69) is 15.9 Å². The van der Waals surface area contributed by atoms with Crippen LogP contribution in [0.25, 0.3) is 0 Å². The van der Waals surface area contributed by atoms with E-state index >= 15 is 0 Å². The van der Waals surface area contributed by atoms with Gasteiger partial charge in [-0.25, -0.2) is 0 Å². The lowest BCUT2D eigenvalue weighted by molar-refractivity contribution is 0.0323. The van der Waals surface area contributed by atoms with E-state index in [0.717, 1.165) is 35.0 Å². The molecule has 3 heteroatoms. The number of hydrogen-bond acceptors (Lipinski definition) is 2. The number of ketones is 1. The Labute approximate surface area is 96.8 Å². The first-order chi connectivity index (χ1) is 7.21. The van der Waals surface area contributed by atoms with E-state index in [9.17, 15) is 4.79 Å². The largest absolute Gasteiger partial charge is 0.492 e. The molecule has 2 nitrogen and oxygen atoms in total. The summed E-state index contributed by atoms with van der Waals surface area (Å²) < 4.78 is 6.60. The molecule has 0 radical (unpaired) electrons. The van der Waals surface area contributed by atoms with Crippen LogP contribution in [-0.4, -0.2) is 12.4 Å². The maximum atomic E-state index is 12.3. The molecule has 0 unspecified atom stereocenters. The van der Waals surface area contributed by atoms with Crippen LogP contribution in [0.5, 0.6) is 5.75 Å².